The Balaban J connectivity index is 1.78. The zero-order valence-corrected chi connectivity index (χ0v) is 15.5. The number of carbonyl (C=O) groups excluding carboxylic acids is 1. The molecule has 0 aliphatic heterocycles. The van der Waals surface area contributed by atoms with Gasteiger partial charge in [-0.15, -0.1) is 11.3 Å². The van der Waals surface area contributed by atoms with E-state index in [-0.39, 0.29) is 11.7 Å². The number of hydrogen-bond acceptors (Lipinski definition) is 7. The minimum Gasteiger partial charge on any atom is -0.465 e. The van der Waals surface area contributed by atoms with Crippen molar-refractivity contribution >= 4 is 39.3 Å². The van der Waals surface area contributed by atoms with Gasteiger partial charge in [-0.3, -0.25) is 9.78 Å². The maximum Gasteiger partial charge on any atom is 0.316 e. The lowest BCUT2D eigenvalue weighted by Crippen LogP contribution is -2.07. The van der Waals surface area contributed by atoms with Crippen LogP contribution in [-0.2, 0) is 22.4 Å². The third-order valence-electron chi connectivity index (χ3n) is 4.08. The van der Waals surface area contributed by atoms with Gasteiger partial charge in [-0.05, 0) is 43.9 Å². The zero-order chi connectivity index (χ0) is 17.2. The highest BCUT2D eigenvalue weighted by molar-refractivity contribution is 8.00. The monoisotopic (exact) mass is 371 g/mol. The molecule has 0 bridgehead atoms. The van der Waals surface area contributed by atoms with E-state index < -0.39 is 0 Å². The molecular formula is C18H17N3O2S2. The van der Waals surface area contributed by atoms with Gasteiger partial charge in [-0.25, -0.2) is 9.97 Å². The Labute approximate surface area is 153 Å². The van der Waals surface area contributed by atoms with Crippen molar-refractivity contribution in [1.82, 2.24) is 15.0 Å². The van der Waals surface area contributed by atoms with Crippen molar-refractivity contribution in [1.29, 1.82) is 0 Å². The first kappa shape index (κ1) is 16.5. The van der Waals surface area contributed by atoms with E-state index in [1.54, 1.807) is 23.7 Å². The maximum absolute atomic E-state index is 11.8. The molecule has 1 aliphatic rings. The number of nitrogens with zero attached hydrogens (tertiary/aromatic N) is 3. The highest BCUT2D eigenvalue weighted by Crippen LogP contribution is 2.41. The summed E-state index contributed by atoms with van der Waals surface area (Å²) >= 11 is 3.19. The number of rotatable bonds is 5. The molecule has 0 atom stereocenters. The minimum atomic E-state index is -0.214. The molecule has 5 nitrogen and oxygen atoms in total. The van der Waals surface area contributed by atoms with Crippen LogP contribution in [0, 0.1) is 0 Å². The number of hydrogen-bond donors (Lipinski definition) is 0. The molecule has 128 valence electrons. The van der Waals surface area contributed by atoms with Gasteiger partial charge in [0.25, 0.3) is 0 Å². The number of aryl methyl sites for hydroxylation is 2. The molecule has 0 radical (unpaired) electrons. The molecule has 0 unspecified atom stereocenters. The van der Waals surface area contributed by atoms with Crippen molar-refractivity contribution in [2.24, 2.45) is 0 Å². The van der Waals surface area contributed by atoms with Crippen LogP contribution in [0.1, 0.15) is 23.8 Å². The van der Waals surface area contributed by atoms with Crippen LogP contribution in [-0.4, -0.2) is 33.3 Å². The van der Waals surface area contributed by atoms with Crippen molar-refractivity contribution in [3.8, 4) is 11.4 Å². The second kappa shape index (κ2) is 7.09. The number of thioether (sulfide) groups is 1. The first-order valence-corrected chi connectivity index (χ1v) is 10.1. The number of pyridine rings is 1. The molecule has 0 spiro atoms. The Morgan fingerprint density at radius 1 is 1.36 bits per heavy atom. The largest absolute Gasteiger partial charge is 0.465 e. The van der Waals surface area contributed by atoms with Gasteiger partial charge in [0.05, 0.1) is 12.4 Å². The van der Waals surface area contributed by atoms with Crippen molar-refractivity contribution < 1.29 is 9.53 Å². The van der Waals surface area contributed by atoms with Crippen molar-refractivity contribution in [2.45, 2.75) is 31.2 Å². The van der Waals surface area contributed by atoms with Gasteiger partial charge >= 0.3 is 5.97 Å². The van der Waals surface area contributed by atoms with E-state index in [1.807, 2.05) is 19.1 Å². The Kier molecular flexibility index (Phi) is 4.67. The number of fused-ring (bicyclic) bond motifs is 3. The molecule has 0 aromatic carbocycles. The number of thiophene rings is 1. The van der Waals surface area contributed by atoms with Crippen LogP contribution >= 0.6 is 23.1 Å². The van der Waals surface area contributed by atoms with E-state index in [2.05, 4.69) is 4.98 Å². The summed E-state index contributed by atoms with van der Waals surface area (Å²) in [4.78, 5) is 27.9. The molecule has 3 aromatic heterocycles. The van der Waals surface area contributed by atoms with Crippen LogP contribution in [0.2, 0.25) is 0 Å². The van der Waals surface area contributed by atoms with Gasteiger partial charge in [-0.1, -0.05) is 11.8 Å². The number of carbonyl (C=O) groups is 1. The summed E-state index contributed by atoms with van der Waals surface area (Å²) in [5, 5.41) is 2.00. The molecular weight excluding hydrogens is 354 g/mol. The van der Waals surface area contributed by atoms with E-state index >= 15 is 0 Å². The van der Waals surface area contributed by atoms with Crippen LogP contribution in [0.3, 0.4) is 0 Å². The third-order valence-corrected chi connectivity index (χ3v) is 6.22. The molecule has 0 saturated heterocycles. The summed E-state index contributed by atoms with van der Waals surface area (Å²) < 4.78 is 5.05. The minimum absolute atomic E-state index is 0.214. The van der Waals surface area contributed by atoms with Gasteiger partial charge in [0.2, 0.25) is 0 Å². The molecule has 0 amide bonds. The first-order chi connectivity index (χ1) is 12.3. The molecule has 0 fully saturated rings. The lowest BCUT2D eigenvalue weighted by Gasteiger charge is -2.07. The molecule has 7 heteroatoms. The lowest BCUT2D eigenvalue weighted by molar-refractivity contribution is -0.139. The molecule has 0 N–H and O–H groups in total. The van der Waals surface area contributed by atoms with E-state index in [1.165, 1.54) is 28.6 Å². The molecule has 4 rings (SSSR count). The van der Waals surface area contributed by atoms with E-state index in [0.717, 1.165) is 33.6 Å². The predicted octanol–water partition coefficient (Wildman–Crippen LogP) is 3.90. The second-order valence-electron chi connectivity index (χ2n) is 5.73. The fourth-order valence-corrected chi connectivity index (χ4v) is 5.20. The smallest absolute Gasteiger partial charge is 0.316 e. The number of aromatic nitrogens is 3. The SMILES string of the molecule is CCOC(=O)CSc1nc(-c2cccnc2)nc2sc3c(c12)CCC3. The normalized spacial score (nSPS) is 13.2. The summed E-state index contributed by atoms with van der Waals surface area (Å²) in [5.74, 6) is 0.706. The quantitative estimate of drug-likeness (QED) is 0.385. The number of ether oxygens (including phenoxy) is 1. The molecule has 0 saturated carbocycles. The lowest BCUT2D eigenvalue weighted by atomic mass is 10.2. The highest BCUT2D eigenvalue weighted by atomic mass is 32.2. The standard InChI is InChI=1S/C18H17N3O2S2/c1-2-23-14(22)10-24-17-15-12-6-3-7-13(12)25-18(15)21-16(20-17)11-5-4-8-19-9-11/h4-5,8-9H,2-3,6-7,10H2,1H3. The van der Waals surface area contributed by atoms with Gasteiger partial charge in [-0.2, -0.15) is 0 Å². The Hall–Kier alpha value is -1.99. The summed E-state index contributed by atoms with van der Waals surface area (Å²) in [5.41, 5.74) is 2.25. The van der Waals surface area contributed by atoms with E-state index in [0.29, 0.717) is 12.4 Å². The fourth-order valence-electron chi connectivity index (χ4n) is 3.02. The third kappa shape index (κ3) is 3.26. The topological polar surface area (TPSA) is 65.0 Å². The van der Waals surface area contributed by atoms with Crippen molar-refractivity contribution in [3.05, 3.63) is 35.0 Å². The first-order valence-electron chi connectivity index (χ1n) is 8.27. The molecule has 3 aromatic rings. The summed E-state index contributed by atoms with van der Waals surface area (Å²) in [6, 6.07) is 3.83. The molecule has 1 aliphatic carbocycles. The van der Waals surface area contributed by atoms with Crippen LogP contribution in [0.15, 0.2) is 29.6 Å². The van der Waals surface area contributed by atoms with Gasteiger partial charge in [0.15, 0.2) is 5.82 Å². The Bertz CT molecular complexity index is 925. The van der Waals surface area contributed by atoms with Crippen LogP contribution in [0.4, 0.5) is 0 Å². The van der Waals surface area contributed by atoms with Crippen molar-refractivity contribution in [3.63, 3.8) is 0 Å². The van der Waals surface area contributed by atoms with Gasteiger partial charge in [0.1, 0.15) is 9.86 Å². The Morgan fingerprint density at radius 3 is 3.08 bits per heavy atom. The maximum atomic E-state index is 11.8. The van der Waals surface area contributed by atoms with Crippen molar-refractivity contribution in [2.75, 3.05) is 12.4 Å². The van der Waals surface area contributed by atoms with E-state index in [4.69, 9.17) is 14.7 Å². The summed E-state index contributed by atoms with van der Waals surface area (Å²) in [6.45, 7) is 2.21. The average molecular weight is 371 g/mol. The van der Waals surface area contributed by atoms with E-state index in [9.17, 15) is 4.79 Å². The fraction of sp³-hybridized carbons (Fsp3) is 0.333. The number of esters is 1. The summed E-state index contributed by atoms with van der Waals surface area (Å²) in [6.07, 6.45) is 6.86. The van der Waals surface area contributed by atoms with Crippen LogP contribution in [0.25, 0.3) is 21.6 Å². The van der Waals surface area contributed by atoms with Crippen LogP contribution < -0.4 is 0 Å². The molecule has 3 heterocycles. The second-order valence-corrected chi connectivity index (χ2v) is 7.77. The summed E-state index contributed by atoms with van der Waals surface area (Å²) in [7, 11) is 0. The van der Waals surface area contributed by atoms with Gasteiger partial charge in [0, 0.05) is 28.2 Å². The average Bonchev–Trinajstić information content (AvgIpc) is 3.21. The molecule has 25 heavy (non-hydrogen) atoms. The zero-order valence-electron chi connectivity index (χ0n) is 13.8. The highest BCUT2D eigenvalue weighted by Gasteiger charge is 2.23. The van der Waals surface area contributed by atoms with Crippen LogP contribution in [0.5, 0.6) is 0 Å². The Morgan fingerprint density at radius 2 is 2.28 bits per heavy atom. The van der Waals surface area contributed by atoms with Gasteiger partial charge < -0.3 is 4.74 Å². The predicted molar refractivity (Wildman–Crippen MR) is 100 cm³/mol.